The Balaban J connectivity index is 2.33. The van der Waals surface area contributed by atoms with Gasteiger partial charge >= 0.3 is 0 Å². The number of nitrogens with zero attached hydrogens (tertiary/aromatic N) is 2. The number of hydrogen-bond acceptors (Lipinski definition) is 3. The largest absolute Gasteiger partial charge is 0.409 e. The van der Waals surface area contributed by atoms with Crippen LogP contribution in [-0.4, -0.2) is 24.1 Å². The molecule has 0 radical (unpaired) electrons. The van der Waals surface area contributed by atoms with Crippen molar-refractivity contribution in [2.24, 2.45) is 22.2 Å². The second kappa shape index (κ2) is 5.31. The van der Waals surface area contributed by atoms with E-state index < -0.39 is 5.82 Å². The first-order chi connectivity index (χ1) is 9.34. The van der Waals surface area contributed by atoms with Crippen LogP contribution < -0.4 is 10.6 Å². The van der Waals surface area contributed by atoms with Crippen molar-refractivity contribution in [3.05, 3.63) is 29.6 Å². The monoisotopic (exact) mass is 279 g/mol. The summed E-state index contributed by atoms with van der Waals surface area (Å²) in [7, 11) is 0. The van der Waals surface area contributed by atoms with Gasteiger partial charge < -0.3 is 15.8 Å². The number of oxime groups is 1. The summed E-state index contributed by atoms with van der Waals surface area (Å²) < 4.78 is 14.0. The standard InChI is InChI=1S/C15H22FN3O/c1-15(2,3)10-7-8-19(9-10)12-6-4-5-11(16)13(12)14(17)18-20/h4-6,10,20H,7-9H2,1-3H3,(H2,17,18). The van der Waals surface area contributed by atoms with Crippen molar-refractivity contribution in [2.75, 3.05) is 18.0 Å². The van der Waals surface area contributed by atoms with Gasteiger partial charge in [-0.3, -0.25) is 0 Å². The Bertz CT molecular complexity index is 522. The molecule has 4 nitrogen and oxygen atoms in total. The predicted molar refractivity (Wildman–Crippen MR) is 78.7 cm³/mol. The first-order valence-electron chi connectivity index (χ1n) is 6.86. The van der Waals surface area contributed by atoms with Crippen LogP contribution >= 0.6 is 0 Å². The lowest BCUT2D eigenvalue weighted by Gasteiger charge is -2.28. The molecule has 0 aliphatic carbocycles. The van der Waals surface area contributed by atoms with E-state index in [-0.39, 0.29) is 16.8 Å². The third-order valence-electron chi connectivity index (χ3n) is 4.11. The number of benzene rings is 1. The molecule has 1 atom stereocenters. The van der Waals surface area contributed by atoms with Crippen molar-refractivity contribution >= 4 is 11.5 Å². The van der Waals surface area contributed by atoms with Gasteiger partial charge in [0, 0.05) is 13.1 Å². The van der Waals surface area contributed by atoms with Crippen molar-refractivity contribution in [3.8, 4) is 0 Å². The van der Waals surface area contributed by atoms with Gasteiger partial charge in [-0.05, 0) is 29.9 Å². The lowest BCUT2D eigenvalue weighted by molar-refractivity contribution is 0.263. The first-order valence-corrected chi connectivity index (χ1v) is 6.86. The lowest BCUT2D eigenvalue weighted by atomic mass is 9.80. The van der Waals surface area contributed by atoms with Crippen molar-refractivity contribution < 1.29 is 9.60 Å². The molecule has 0 saturated carbocycles. The summed E-state index contributed by atoms with van der Waals surface area (Å²) >= 11 is 0. The summed E-state index contributed by atoms with van der Waals surface area (Å²) in [4.78, 5) is 2.12. The van der Waals surface area contributed by atoms with Crippen molar-refractivity contribution in [3.63, 3.8) is 0 Å². The Labute approximate surface area is 119 Å². The quantitative estimate of drug-likeness (QED) is 0.379. The highest BCUT2D eigenvalue weighted by molar-refractivity contribution is 6.02. The molecular formula is C15H22FN3O. The summed E-state index contributed by atoms with van der Waals surface area (Å²) in [6, 6.07) is 4.80. The summed E-state index contributed by atoms with van der Waals surface area (Å²) in [5, 5.41) is 11.8. The molecule has 3 N–H and O–H groups in total. The van der Waals surface area contributed by atoms with Crippen LogP contribution in [0.3, 0.4) is 0 Å². The van der Waals surface area contributed by atoms with Crippen molar-refractivity contribution in [2.45, 2.75) is 27.2 Å². The summed E-state index contributed by atoms with van der Waals surface area (Å²) in [5.41, 5.74) is 6.72. The molecule has 1 aromatic carbocycles. The van der Waals surface area contributed by atoms with Gasteiger partial charge in [0.1, 0.15) is 5.82 Å². The van der Waals surface area contributed by atoms with Gasteiger partial charge in [-0.2, -0.15) is 0 Å². The molecule has 0 aromatic heterocycles. The van der Waals surface area contributed by atoms with E-state index in [9.17, 15) is 4.39 Å². The minimum absolute atomic E-state index is 0.183. The molecule has 0 bridgehead atoms. The molecular weight excluding hydrogens is 257 g/mol. The molecule has 1 saturated heterocycles. The SMILES string of the molecule is CC(C)(C)C1CCN(c2cccc(F)c2/C(N)=N/O)C1. The fraction of sp³-hybridized carbons (Fsp3) is 0.533. The van der Waals surface area contributed by atoms with E-state index in [1.807, 2.05) is 6.07 Å². The minimum Gasteiger partial charge on any atom is -0.409 e. The smallest absolute Gasteiger partial charge is 0.175 e. The number of anilines is 1. The van der Waals surface area contributed by atoms with Crippen LogP contribution in [-0.2, 0) is 0 Å². The third-order valence-corrected chi connectivity index (χ3v) is 4.11. The fourth-order valence-corrected chi connectivity index (χ4v) is 2.77. The Hall–Kier alpha value is -1.78. The first kappa shape index (κ1) is 14.6. The van der Waals surface area contributed by atoms with Crippen molar-refractivity contribution in [1.82, 2.24) is 0 Å². The number of halogens is 1. The maximum Gasteiger partial charge on any atom is 0.175 e. The second-order valence-corrected chi connectivity index (χ2v) is 6.42. The van der Waals surface area contributed by atoms with E-state index in [2.05, 4.69) is 30.8 Å². The number of rotatable bonds is 2. The highest BCUT2D eigenvalue weighted by atomic mass is 19.1. The summed E-state index contributed by atoms with van der Waals surface area (Å²) in [6.07, 6.45) is 1.07. The molecule has 0 amide bonds. The molecule has 5 heteroatoms. The molecule has 20 heavy (non-hydrogen) atoms. The molecule has 1 fully saturated rings. The Morgan fingerprint density at radius 2 is 2.15 bits per heavy atom. The average molecular weight is 279 g/mol. The van der Waals surface area contributed by atoms with E-state index in [4.69, 9.17) is 10.9 Å². The van der Waals surface area contributed by atoms with E-state index in [0.717, 1.165) is 19.5 Å². The lowest BCUT2D eigenvalue weighted by Crippen LogP contribution is -2.28. The van der Waals surface area contributed by atoms with E-state index >= 15 is 0 Å². The van der Waals surface area contributed by atoms with Crippen LogP contribution in [0, 0.1) is 17.2 Å². The predicted octanol–water partition coefficient (Wildman–Crippen LogP) is 2.79. The molecule has 1 aromatic rings. The zero-order chi connectivity index (χ0) is 14.9. The average Bonchev–Trinajstić information content (AvgIpc) is 2.87. The van der Waals surface area contributed by atoms with Crippen LogP contribution in [0.2, 0.25) is 0 Å². The van der Waals surface area contributed by atoms with E-state index in [0.29, 0.717) is 11.6 Å². The molecule has 110 valence electrons. The van der Waals surface area contributed by atoms with E-state index in [1.54, 1.807) is 6.07 Å². The molecule has 2 rings (SSSR count). The van der Waals surface area contributed by atoms with Crippen molar-refractivity contribution in [1.29, 1.82) is 0 Å². The van der Waals surface area contributed by atoms with Gasteiger partial charge in [0.2, 0.25) is 0 Å². The Kier molecular flexibility index (Phi) is 3.88. The topological polar surface area (TPSA) is 61.8 Å². The van der Waals surface area contributed by atoms with Crippen LogP contribution in [0.4, 0.5) is 10.1 Å². The normalized spacial score (nSPS) is 20.5. The highest BCUT2D eigenvalue weighted by Gasteiger charge is 2.33. The third kappa shape index (κ3) is 2.71. The number of amidine groups is 1. The zero-order valence-corrected chi connectivity index (χ0v) is 12.2. The van der Waals surface area contributed by atoms with Gasteiger partial charge in [0.05, 0.1) is 11.3 Å². The van der Waals surface area contributed by atoms with Crippen LogP contribution in [0.1, 0.15) is 32.8 Å². The molecule has 1 unspecified atom stereocenters. The van der Waals surface area contributed by atoms with Crippen LogP contribution in [0.25, 0.3) is 0 Å². The molecule has 1 aliphatic rings. The minimum atomic E-state index is -0.461. The number of nitrogens with two attached hydrogens (primary N) is 1. The van der Waals surface area contributed by atoms with Gasteiger partial charge in [0.15, 0.2) is 5.84 Å². The van der Waals surface area contributed by atoms with Gasteiger partial charge in [-0.1, -0.05) is 32.0 Å². The number of hydrogen-bond donors (Lipinski definition) is 2. The summed E-state index contributed by atoms with van der Waals surface area (Å²) in [6.45, 7) is 8.38. The Morgan fingerprint density at radius 1 is 1.45 bits per heavy atom. The summed E-state index contributed by atoms with van der Waals surface area (Å²) in [5.74, 6) is -0.0970. The van der Waals surface area contributed by atoms with Crippen LogP contribution in [0.5, 0.6) is 0 Å². The maximum atomic E-state index is 14.0. The van der Waals surface area contributed by atoms with Gasteiger partial charge in [-0.25, -0.2) is 4.39 Å². The van der Waals surface area contributed by atoms with E-state index in [1.165, 1.54) is 6.07 Å². The van der Waals surface area contributed by atoms with Gasteiger partial charge in [0.25, 0.3) is 0 Å². The molecule has 0 spiro atoms. The zero-order valence-electron chi connectivity index (χ0n) is 12.2. The second-order valence-electron chi connectivity index (χ2n) is 6.42. The van der Waals surface area contributed by atoms with Gasteiger partial charge in [-0.15, -0.1) is 0 Å². The molecule has 1 aliphatic heterocycles. The molecule has 1 heterocycles. The fourth-order valence-electron chi connectivity index (χ4n) is 2.77. The highest BCUT2D eigenvalue weighted by Crippen LogP contribution is 2.36. The maximum absolute atomic E-state index is 14.0. The Morgan fingerprint density at radius 3 is 2.70 bits per heavy atom. The van der Waals surface area contributed by atoms with Crippen LogP contribution in [0.15, 0.2) is 23.4 Å².